The molecule has 0 atom stereocenters. The Balaban J connectivity index is 2.33. The smallest absolute Gasteiger partial charge is 0.265 e. The van der Waals surface area contributed by atoms with E-state index in [0.29, 0.717) is 22.2 Å². The highest BCUT2D eigenvalue weighted by molar-refractivity contribution is 7.13. The van der Waals surface area contributed by atoms with E-state index in [-0.39, 0.29) is 5.91 Å². The Morgan fingerprint density at radius 2 is 1.94 bits per heavy atom. The van der Waals surface area contributed by atoms with E-state index in [9.17, 15) is 4.79 Å². The number of ether oxygens (including phenoxy) is 2. The minimum atomic E-state index is -0.346. The lowest BCUT2D eigenvalue weighted by Crippen LogP contribution is -2.14. The lowest BCUT2D eigenvalue weighted by Gasteiger charge is -2.11. The number of nitrogens with zero attached hydrogens (tertiary/aromatic N) is 2. The van der Waals surface area contributed by atoms with Crippen LogP contribution in [0.3, 0.4) is 0 Å². The van der Waals surface area contributed by atoms with Crippen LogP contribution in [0, 0.1) is 0 Å². The van der Waals surface area contributed by atoms with Gasteiger partial charge < -0.3 is 9.47 Å². The van der Waals surface area contributed by atoms with Gasteiger partial charge in [-0.05, 0) is 12.1 Å². The third-order valence-electron chi connectivity index (χ3n) is 2.24. The highest BCUT2D eigenvalue weighted by Crippen LogP contribution is 2.29. The van der Waals surface area contributed by atoms with Crippen LogP contribution in [0.25, 0.3) is 0 Å². The van der Waals surface area contributed by atoms with Crippen LogP contribution in [0.4, 0.5) is 5.13 Å². The van der Waals surface area contributed by atoms with Crippen molar-refractivity contribution in [1.29, 1.82) is 0 Å². The Bertz CT molecular complexity index is 520. The predicted octanol–water partition coefficient (Wildman–Crippen LogP) is 1.81. The van der Waals surface area contributed by atoms with E-state index in [1.165, 1.54) is 31.1 Å². The topological polar surface area (TPSA) is 73.3 Å². The minimum Gasteiger partial charge on any atom is -0.496 e. The molecule has 1 amide bonds. The molecule has 0 bridgehead atoms. The van der Waals surface area contributed by atoms with E-state index in [1.807, 2.05) is 0 Å². The summed E-state index contributed by atoms with van der Waals surface area (Å²) in [7, 11) is 2.99. The van der Waals surface area contributed by atoms with Crippen molar-refractivity contribution in [2.24, 2.45) is 0 Å². The Labute approximate surface area is 108 Å². The molecule has 1 N–H and O–H groups in total. The summed E-state index contributed by atoms with van der Waals surface area (Å²) in [5, 5.41) is 10.5. The second-order valence-corrected chi connectivity index (χ2v) is 4.07. The number of aromatic nitrogens is 2. The number of hydrogen-bond acceptors (Lipinski definition) is 6. The first kappa shape index (κ1) is 12.3. The number of amides is 1. The van der Waals surface area contributed by atoms with Gasteiger partial charge in [0, 0.05) is 0 Å². The van der Waals surface area contributed by atoms with E-state index in [4.69, 9.17) is 9.47 Å². The zero-order chi connectivity index (χ0) is 13.0. The summed E-state index contributed by atoms with van der Waals surface area (Å²) in [6.07, 6.45) is 0. The van der Waals surface area contributed by atoms with Gasteiger partial charge in [-0.1, -0.05) is 17.4 Å². The van der Waals surface area contributed by atoms with Crippen LogP contribution >= 0.6 is 11.3 Å². The number of anilines is 1. The zero-order valence-corrected chi connectivity index (χ0v) is 10.7. The van der Waals surface area contributed by atoms with Gasteiger partial charge in [0.1, 0.15) is 22.6 Å². The molecule has 0 aliphatic heterocycles. The van der Waals surface area contributed by atoms with Gasteiger partial charge in [-0.2, -0.15) is 0 Å². The molecule has 1 aromatic carbocycles. The molecule has 18 heavy (non-hydrogen) atoms. The number of rotatable bonds is 4. The van der Waals surface area contributed by atoms with Gasteiger partial charge in [0.05, 0.1) is 14.2 Å². The number of hydrogen-bond donors (Lipinski definition) is 1. The molecule has 0 unspecified atom stereocenters. The van der Waals surface area contributed by atoms with Crippen molar-refractivity contribution in [3.8, 4) is 11.5 Å². The van der Waals surface area contributed by atoms with Gasteiger partial charge in [0.25, 0.3) is 5.91 Å². The van der Waals surface area contributed by atoms with Crippen molar-refractivity contribution in [2.75, 3.05) is 19.5 Å². The molecule has 0 saturated heterocycles. The van der Waals surface area contributed by atoms with E-state index >= 15 is 0 Å². The molecule has 1 aromatic heterocycles. The summed E-state index contributed by atoms with van der Waals surface area (Å²) in [6, 6.07) is 5.13. The molecule has 94 valence electrons. The fraction of sp³-hybridized carbons (Fsp3) is 0.182. The Morgan fingerprint density at radius 1 is 1.28 bits per heavy atom. The molecule has 0 aliphatic carbocycles. The van der Waals surface area contributed by atoms with Crippen LogP contribution < -0.4 is 14.8 Å². The Kier molecular flexibility index (Phi) is 3.73. The minimum absolute atomic E-state index is 0.331. The van der Waals surface area contributed by atoms with Gasteiger partial charge in [-0.3, -0.25) is 10.1 Å². The normalized spacial score (nSPS) is 9.89. The third-order valence-corrected chi connectivity index (χ3v) is 2.84. The van der Waals surface area contributed by atoms with Gasteiger partial charge in [0.15, 0.2) is 0 Å². The summed E-state index contributed by atoms with van der Waals surface area (Å²) < 4.78 is 10.3. The number of methoxy groups -OCH3 is 2. The Morgan fingerprint density at radius 3 is 2.44 bits per heavy atom. The van der Waals surface area contributed by atoms with Crippen LogP contribution in [0.5, 0.6) is 11.5 Å². The fourth-order valence-electron chi connectivity index (χ4n) is 1.46. The van der Waals surface area contributed by atoms with E-state index < -0.39 is 0 Å². The zero-order valence-electron chi connectivity index (χ0n) is 9.84. The summed E-state index contributed by atoms with van der Waals surface area (Å²) >= 11 is 1.24. The number of nitrogens with one attached hydrogen (secondary N) is 1. The van der Waals surface area contributed by atoms with Gasteiger partial charge in [0.2, 0.25) is 5.13 Å². The quantitative estimate of drug-likeness (QED) is 0.912. The SMILES string of the molecule is COc1cccc(OC)c1C(=O)Nc1nncs1. The highest BCUT2D eigenvalue weighted by Gasteiger charge is 2.18. The highest BCUT2D eigenvalue weighted by atomic mass is 32.1. The average Bonchev–Trinajstić information content (AvgIpc) is 2.90. The lowest BCUT2D eigenvalue weighted by atomic mass is 10.1. The number of carbonyl (C=O) groups is 1. The van der Waals surface area contributed by atoms with Crippen molar-refractivity contribution in [3.05, 3.63) is 29.3 Å². The molecule has 0 spiro atoms. The number of benzene rings is 1. The summed E-state index contributed by atoms with van der Waals surface area (Å²) in [5.74, 6) is 0.536. The maximum Gasteiger partial charge on any atom is 0.265 e. The first-order valence-electron chi connectivity index (χ1n) is 5.04. The van der Waals surface area contributed by atoms with E-state index in [2.05, 4.69) is 15.5 Å². The van der Waals surface area contributed by atoms with Crippen LogP contribution in [0.2, 0.25) is 0 Å². The van der Waals surface area contributed by atoms with E-state index in [0.717, 1.165) is 0 Å². The van der Waals surface area contributed by atoms with Crippen molar-refractivity contribution in [3.63, 3.8) is 0 Å². The molecule has 0 radical (unpaired) electrons. The van der Waals surface area contributed by atoms with Gasteiger partial charge >= 0.3 is 0 Å². The average molecular weight is 265 g/mol. The van der Waals surface area contributed by atoms with Gasteiger partial charge in [-0.15, -0.1) is 10.2 Å². The van der Waals surface area contributed by atoms with Crippen molar-refractivity contribution in [2.45, 2.75) is 0 Å². The monoisotopic (exact) mass is 265 g/mol. The maximum absolute atomic E-state index is 12.1. The standard InChI is InChI=1S/C11H11N3O3S/c1-16-7-4-3-5-8(17-2)9(7)10(15)13-11-14-12-6-18-11/h3-6H,1-2H3,(H,13,14,15). The van der Waals surface area contributed by atoms with E-state index in [1.54, 1.807) is 18.2 Å². The molecule has 0 saturated carbocycles. The molecule has 2 rings (SSSR count). The fourth-order valence-corrected chi connectivity index (χ4v) is 1.90. The summed E-state index contributed by atoms with van der Waals surface area (Å²) in [5.41, 5.74) is 1.87. The first-order chi connectivity index (χ1) is 8.76. The second kappa shape index (κ2) is 5.46. The molecule has 0 fully saturated rings. The largest absolute Gasteiger partial charge is 0.496 e. The second-order valence-electron chi connectivity index (χ2n) is 3.24. The molecular weight excluding hydrogens is 254 g/mol. The molecule has 6 nitrogen and oxygen atoms in total. The molecule has 2 aromatic rings. The van der Waals surface area contributed by atoms with Crippen molar-refractivity contribution >= 4 is 22.4 Å². The summed E-state index contributed by atoms with van der Waals surface area (Å²) in [6.45, 7) is 0. The lowest BCUT2D eigenvalue weighted by molar-refractivity contribution is 0.102. The first-order valence-corrected chi connectivity index (χ1v) is 5.92. The molecule has 1 heterocycles. The molecule has 0 aliphatic rings. The number of carbonyl (C=O) groups excluding carboxylic acids is 1. The summed E-state index contributed by atoms with van der Waals surface area (Å²) in [4.78, 5) is 12.1. The molecule has 7 heteroatoms. The van der Waals surface area contributed by atoms with Crippen LogP contribution in [0.15, 0.2) is 23.7 Å². The predicted molar refractivity (Wildman–Crippen MR) is 67.4 cm³/mol. The molecular formula is C11H11N3O3S. The van der Waals surface area contributed by atoms with Crippen LogP contribution in [0.1, 0.15) is 10.4 Å². The van der Waals surface area contributed by atoms with Crippen molar-refractivity contribution < 1.29 is 14.3 Å². The Hall–Kier alpha value is -2.15. The van der Waals surface area contributed by atoms with Crippen molar-refractivity contribution in [1.82, 2.24) is 10.2 Å². The van der Waals surface area contributed by atoms with Crippen LogP contribution in [-0.2, 0) is 0 Å². The van der Waals surface area contributed by atoms with Crippen LogP contribution in [-0.4, -0.2) is 30.3 Å². The third kappa shape index (κ3) is 2.40. The maximum atomic E-state index is 12.1. The van der Waals surface area contributed by atoms with Gasteiger partial charge in [-0.25, -0.2) is 0 Å².